The second kappa shape index (κ2) is 5.47. The average Bonchev–Trinajstić information content (AvgIpc) is 2.56. The van der Waals surface area contributed by atoms with Crippen LogP contribution in [0.15, 0.2) is 18.2 Å². The topological polar surface area (TPSA) is 42.1 Å². The summed E-state index contributed by atoms with van der Waals surface area (Å²) in [5.41, 5.74) is 8.13. The van der Waals surface area contributed by atoms with E-state index in [9.17, 15) is 0 Å². The van der Waals surface area contributed by atoms with E-state index < -0.39 is 0 Å². The van der Waals surface area contributed by atoms with Gasteiger partial charge in [0.1, 0.15) is 0 Å². The molecule has 2 heterocycles. The highest BCUT2D eigenvalue weighted by molar-refractivity contribution is 7.99. The van der Waals surface area contributed by atoms with Gasteiger partial charge in [-0.3, -0.25) is 4.90 Å². The average molecular weight is 279 g/mol. The molecule has 1 saturated heterocycles. The quantitative estimate of drug-likeness (QED) is 0.918. The Kier molecular flexibility index (Phi) is 3.72. The van der Waals surface area contributed by atoms with Crippen molar-refractivity contribution in [3.63, 3.8) is 0 Å². The van der Waals surface area contributed by atoms with E-state index in [1.165, 1.54) is 41.3 Å². The Morgan fingerprint density at radius 3 is 3.17 bits per heavy atom. The molecule has 2 N–H and O–H groups in total. The molecule has 0 spiro atoms. The van der Waals surface area contributed by atoms with Gasteiger partial charge in [0.05, 0.1) is 10.2 Å². The summed E-state index contributed by atoms with van der Waals surface area (Å²) < 4.78 is 1.20. The van der Waals surface area contributed by atoms with Crippen LogP contribution in [0.2, 0.25) is 0 Å². The Morgan fingerprint density at radius 1 is 1.28 bits per heavy atom. The lowest BCUT2D eigenvalue weighted by molar-refractivity contribution is 0.287. The first-order chi connectivity index (χ1) is 8.81. The lowest BCUT2D eigenvalue weighted by Gasteiger charge is -2.19. The number of thiazole rings is 1. The summed E-state index contributed by atoms with van der Waals surface area (Å²) in [6.45, 7) is 3.47. The monoisotopic (exact) mass is 279 g/mol. The summed E-state index contributed by atoms with van der Waals surface area (Å²) >= 11 is 3.65. The maximum absolute atomic E-state index is 5.74. The molecule has 1 aliphatic rings. The number of hydrogen-bond donors (Lipinski definition) is 1. The van der Waals surface area contributed by atoms with E-state index >= 15 is 0 Å². The Hall–Kier alpha value is -0.780. The zero-order chi connectivity index (χ0) is 12.4. The highest BCUT2D eigenvalue weighted by Gasteiger charge is 2.10. The number of nitrogen functional groups attached to an aromatic ring is 1. The lowest BCUT2D eigenvalue weighted by Crippen LogP contribution is -2.25. The first-order valence-corrected chi connectivity index (χ1v) is 8.23. The third-order valence-electron chi connectivity index (χ3n) is 3.19. The van der Waals surface area contributed by atoms with Gasteiger partial charge in [0.25, 0.3) is 0 Å². The van der Waals surface area contributed by atoms with Crippen LogP contribution in [0.1, 0.15) is 12.0 Å². The van der Waals surface area contributed by atoms with Crippen LogP contribution in [-0.4, -0.2) is 34.5 Å². The number of nitrogens with zero attached hydrogens (tertiary/aromatic N) is 2. The second-order valence-electron chi connectivity index (χ2n) is 4.60. The number of fused-ring (bicyclic) bond motifs is 1. The van der Waals surface area contributed by atoms with Crippen LogP contribution in [-0.2, 0) is 6.54 Å². The van der Waals surface area contributed by atoms with Crippen LogP contribution < -0.4 is 5.73 Å². The van der Waals surface area contributed by atoms with E-state index in [2.05, 4.69) is 39.8 Å². The number of benzene rings is 1. The van der Waals surface area contributed by atoms with E-state index in [1.807, 2.05) is 0 Å². The number of aromatic nitrogens is 1. The fourth-order valence-electron chi connectivity index (χ4n) is 2.30. The highest BCUT2D eigenvalue weighted by Crippen LogP contribution is 2.25. The minimum absolute atomic E-state index is 0.660. The summed E-state index contributed by atoms with van der Waals surface area (Å²) in [7, 11) is 0. The Morgan fingerprint density at radius 2 is 2.22 bits per heavy atom. The van der Waals surface area contributed by atoms with Gasteiger partial charge >= 0.3 is 0 Å². The smallest absolute Gasteiger partial charge is 0.181 e. The van der Waals surface area contributed by atoms with Crippen molar-refractivity contribution in [1.82, 2.24) is 9.88 Å². The van der Waals surface area contributed by atoms with E-state index in [0.717, 1.165) is 12.1 Å². The second-order valence-corrected chi connectivity index (χ2v) is 6.88. The van der Waals surface area contributed by atoms with Crippen LogP contribution >= 0.6 is 23.1 Å². The zero-order valence-electron chi connectivity index (χ0n) is 10.3. The van der Waals surface area contributed by atoms with E-state index in [1.54, 1.807) is 11.3 Å². The minimum atomic E-state index is 0.660. The molecule has 0 bridgehead atoms. The van der Waals surface area contributed by atoms with Crippen molar-refractivity contribution in [1.29, 1.82) is 0 Å². The molecule has 1 aromatic carbocycles. The maximum atomic E-state index is 5.74. The van der Waals surface area contributed by atoms with E-state index in [0.29, 0.717) is 5.13 Å². The van der Waals surface area contributed by atoms with Gasteiger partial charge in [0, 0.05) is 18.8 Å². The highest BCUT2D eigenvalue weighted by atomic mass is 32.2. The number of thioether (sulfide) groups is 1. The van der Waals surface area contributed by atoms with E-state index in [-0.39, 0.29) is 0 Å². The molecule has 0 saturated carbocycles. The minimum Gasteiger partial charge on any atom is -0.375 e. The van der Waals surface area contributed by atoms with Crippen LogP contribution in [0.5, 0.6) is 0 Å². The Balaban J connectivity index is 1.76. The Labute approximate surface area is 115 Å². The molecule has 0 radical (unpaired) electrons. The number of hydrogen-bond acceptors (Lipinski definition) is 5. The summed E-state index contributed by atoms with van der Waals surface area (Å²) in [5.74, 6) is 2.57. The van der Waals surface area contributed by atoms with Gasteiger partial charge in [-0.05, 0) is 36.4 Å². The van der Waals surface area contributed by atoms with Crippen LogP contribution in [0, 0.1) is 0 Å². The molecule has 2 aromatic rings. The normalized spacial score (nSPS) is 18.0. The number of nitrogens with two attached hydrogens (primary N) is 1. The molecule has 3 nitrogen and oxygen atoms in total. The molecule has 1 fully saturated rings. The molecule has 0 aliphatic carbocycles. The molecule has 0 amide bonds. The fraction of sp³-hybridized carbons (Fsp3) is 0.462. The third kappa shape index (κ3) is 2.79. The lowest BCUT2D eigenvalue weighted by atomic mass is 10.2. The van der Waals surface area contributed by atoms with Gasteiger partial charge in [-0.1, -0.05) is 17.4 Å². The first kappa shape index (κ1) is 12.3. The van der Waals surface area contributed by atoms with Crippen molar-refractivity contribution in [3.8, 4) is 0 Å². The molecule has 96 valence electrons. The predicted molar refractivity (Wildman–Crippen MR) is 81.3 cm³/mol. The van der Waals surface area contributed by atoms with Gasteiger partial charge in [-0.2, -0.15) is 11.8 Å². The summed E-state index contributed by atoms with van der Waals surface area (Å²) in [4.78, 5) is 6.84. The van der Waals surface area contributed by atoms with Crippen molar-refractivity contribution in [2.45, 2.75) is 13.0 Å². The molecule has 1 aromatic heterocycles. The SMILES string of the molecule is Nc1nc2ccc(CN3CCCSCC3)cc2s1. The molecule has 18 heavy (non-hydrogen) atoms. The number of anilines is 1. The largest absolute Gasteiger partial charge is 0.375 e. The van der Waals surface area contributed by atoms with Gasteiger partial charge in [-0.15, -0.1) is 0 Å². The fourth-order valence-corrected chi connectivity index (χ4v) is 4.02. The summed E-state index contributed by atoms with van der Waals surface area (Å²) in [5, 5.41) is 0.660. The molecule has 5 heteroatoms. The molecule has 0 unspecified atom stereocenters. The van der Waals surface area contributed by atoms with Crippen molar-refractivity contribution in [3.05, 3.63) is 23.8 Å². The van der Waals surface area contributed by atoms with Crippen molar-refractivity contribution in [2.24, 2.45) is 0 Å². The molecule has 3 rings (SSSR count). The third-order valence-corrected chi connectivity index (χ3v) is 5.09. The van der Waals surface area contributed by atoms with Gasteiger partial charge < -0.3 is 5.73 Å². The van der Waals surface area contributed by atoms with Crippen LogP contribution in [0.4, 0.5) is 5.13 Å². The molecule has 1 aliphatic heterocycles. The standard InChI is InChI=1S/C13H17N3S2/c14-13-15-11-3-2-10(8-12(11)18-13)9-16-4-1-6-17-7-5-16/h2-3,8H,1,4-7,9H2,(H2,14,15). The van der Waals surface area contributed by atoms with Crippen molar-refractivity contribution in [2.75, 3.05) is 30.3 Å². The zero-order valence-corrected chi connectivity index (χ0v) is 11.9. The van der Waals surface area contributed by atoms with Gasteiger partial charge in [0.2, 0.25) is 0 Å². The van der Waals surface area contributed by atoms with Crippen molar-refractivity contribution < 1.29 is 0 Å². The molecular formula is C13H17N3S2. The van der Waals surface area contributed by atoms with E-state index in [4.69, 9.17) is 5.73 Å². The number of rotatable bonds is 2. The molecule has 0 atom stereocenters. The summed E-state index contributed by atoms with van der Waals surface area (Å²) in [6, 6.07) is 6.50. The summed E-state index contributed by atoms with van der Waals surface area (Å²) in [6.07, 6.45) is 1.31. The van der Waals surface area contributed by atoms with Gasteiger partial charge in [0.15, 0.2) is 5.13 Å². The molecular weight excluding hydrogens is 262 g/mol. The van der Waals surface area contributed by atoms with Crippen molar-refractivity contribution >= 4 is 38.4 Å². The van der Waals surface area contributed by atoms with Crippen LogP contribution in [0.25, 0.3) is 10.2 Å². The van der Waals surface area contributed by atoms with Crippen LogP contribution in [0.3, 0.4) is 0 Å². The predicted octanol–water partition coefficient (Wildman–Crippen LogP) is 2.82. The Bertz CT molecular complexity index is 530. The maximum Gasteiger partial charge on any atom is 0.181 e. The first-order valence-electron chi connectivity index (χ1n) is 6.26. The van der Waals surface area contributed by atoms with Gasteiger partial charge in [-0.25, -0.2) is 4.98 Å².